The summed E-state index contributed by atoms with van der Waals surface area (Å²) in [5.74, 6) is -0.135. The third kappa shape index (κ3) is 4.41. The number of aryl methyl sites for hydroxylation is 2. The molecule has 1 aromatic rings. The Morgan fingerprint density at radius 2 is 1.76 bits per heavy atom. The predicted octanol–water partition coefficient (Wildman–Crippen LogP) is 5.13. The van der Waals surface area contributed by atoms with Gasteiger partial charge in [-0.25, -0.2) is 4.79 Å². The molecule has 3 rings (SSSR count). The molecule has 0 heterocycles. The van der Waals surface area contributed by atoms with Gasteiger partial charge in [0.1, 0.15) is 11.5 Å². The Hall–Kier alpha value is -2.51. The van der Waals surface area contributed by atoms with Crippen molar-refractivity contribution in [2.45, 2.75) is 46.2 Å². The van der Waals surface area contributed by atoms with Crippen molar-refractivity contribution in [1.29, 1.82) is 0 Å². The van der Waals surface area contributed by atoms with Gasteiger partial charge in [0.2, 0.25) is 0 Å². The number of halogens is 3. The van der Waals surface area contributed by atoms with Crippen LogP contribution in [-0.2, 0) is 14.3 Å². The first kappa shape index (κ1) is 21.2. The van der Waals surface area contributed by atoms with Gasteiger partial charge in [-0.1, -0.05) is 6.42 Å². The lowest BCUT2D eigenvalue weighted by Gasteiger charge is -2.17. The van der Waals surface area contributed by atoms with Crippen LogP contribution in [0.2, 0.25) is 0 Å². The van der Waals surface area contributed by atoms with Gasteiger partial charge in [-0.3, -0.25) is 4.79 Å². The summed E-state index contributed by atoms with van der Waals surface area (Å²) >= 11 is 0. The summed E-state index contributed by atoms with van der Waals surface area (Å²) in [4.78, 5) is 25.1. The molecule has 158 valence electrons. The summed E-state index contributed by atoms with van der Waals surface area (Å²) in [5.41, 5.74) is 2.05. The molecule has 1 saturated carbocycles. The lowest BCUT2D eigenvalue weighted by molar-refractivity contribution is -0.153. The van der Waals surface area contributed by atoms with E-state index in [2.05, 4.69) is 0 Å². The Kier molecular flexibility index (Phi) is 5.91. The van der Waals surface area contributed by atoms with Crippen molar-refractivity contribution in [2.75, 3.05) is 13.2 Å². The molecule has 0 spiro atoms. The van der Waals surface area contributed by atoms with Crippen molar-refractivity contribution in [2.24, 2.45) is 11.8 Å². The van der Waals surface area contributed by atoms with Crippen molar-refractivity contribution in [3.05, 3.63) is 34.6 Å². The molecule has 0 N–H and O–H groups in total. The number of Topliss-reactive ketones (excluding diaryl/α,β-unsaturated/α-hetero) is 1. The van der Waals surface area contributed by atoms with Crippen molar-refractivity contribution in [3.8, 4) is 5.75 Å². The van der Waals surface area contributed by atoms with Crippen molar-refractivity contribution in [1.82, 2.24) is 0 Å². The lowest BCUT2D eigenvalue weighted by atomic mass is 9.91. The molecule has 1 fully saturated rings. The van der Waals surface area contributed by atoms with E-state index in [4.69, 9.17) is 14.2 Å². The van der Waals surface area contributed by atoms with Crippen LogP contribution >= 0.6 is 0 Å². The van der Waals surface area contributed by atoms with Gasteiger partial charge in [0.15, 0.2) is 12.4 Å². The highest BCUT2D eigenvalue weighted by molar-refractivity contribution is 6.25. The molecular weight excluding hydrogens is 389 g/mol. The fraction of sp³-hybridized carbons (Fsp3) is 0.524. The number of hydrogen-bond acceptors (Lipinski definition) is 5. The van der Waals surface area contributed by atoms with E-state index < -0.39 is 18.9 Å². The molecule has 0 saturated heterocycles. The van der Waals surface area contributed by atoms with Crippen LogP contribution < -0.4 is 4.74 Å². The van der Waals surface area contributed by atoms with E-state index in [0.717, 1.165) is 12.8 Å². The standard InChI is InChI=1S/C21H23F3O5/c1-4-27-20(26)29-19-15-7-5-6-14(15)18(25)17(19)16-11(2)8-13(9-12(16)3)28-10-21(22,23)24/h8-9,14-15H,4-7,10H2,1-3H3. The second-order valence-electron chi connectivity index (χ2n) is 7.37. The Bertz CT molecular complexity index is 833. The summed E-state index contributed by atoms with van der Waals surface area (Å²) in [7, 11) is 0. The first-order chi connectivity index (χ1) is 13.6. The Morgan fingerprint density at radius 3 is 2.34 bits per heavy atom. The number of ether oxygens (including phenoxy) is 3. The second-order valence-corrected chi connectivity index (χ2v) is 7.37. The molecule has 0 aromatic heterocycles. The Morgan fingerprint density at radius 1 is 1.14 bits per heavy atom. The van der Waals surface area contributed by atoms with Gasteiger partial charge in [-0.15, -0.1) is 0 Å². The van der Waals surface area contributed by atoms with E-state index in [9.17, 15) is 22.8 Å². The molecule has 2 aliphatic rings. The minimum atomic E-state index is -4.44. The van der Waals surface area contributed by atoms with Crippen LogP contribution in [0.5, 0.6) is 5.75 Å². The van der Waals surface area contributed by atoms with Crippen LogP contribution in [0, 0.1) is 25.7 Å². The van der Waals surface area contributed by atoms with Gasteiger partial charge in [0, 0.05) is 11.8 Å². The maximum atomic E-state index is 13.1. The number of allylic oxidation sites excluding steroid dienone is 2. The van der Waals surface area contributed by atoms with E-state index in [-0.39, 0.29) is 30.0 Å². The fourth-order valence-corrected chi connectivity index (χ4v) is 4.26. The monoisotopic (exact) mass is 412 g/mol. The molecule has 2 atom stereocenters. The first-order valence-electron chi connectivity index (χ1n) is 9.56. The molecule has 2 aliphatic carbocycles. The number of alkyl halides is 3. The first-order valence-corrected chi connectivity index (χ1v) is 9.56. The third-order valence-corrected chi connectivity index (χ3v) is 5.30. The topological polar surface area (TPSA) is 61.8 Å². The molecule has 0 bridgehead atoms. The largest absolute Gasteiger partial charge is 0.513 e. The zero-order valence-electron chi connectivity index (χ0n) is 16.5. The molecule has 5 nitrogen and oxygen atoms in total. The van der Waals surface area contributed by atoms with Crippen LogP contribution in [0.1, 0.15) is 42.9 Å². The summed E-state index contributed by atoms with van der Waals surface area (Å²) in [6.45, 7) is 3.79. The molecule has 8 heteroatoms. The van der Waals surface area contributed by atoms with Gasteiger partial charge in [-0.2, -0.15) is 13.2 Å². The highest BCUT2D eigenvalue weighted by atomic mass is 19.4. The Balaban J connectivity index is 2.01. The van der Waals surface area contributed by atoms with Crippen LogP contribution in [-0.4, -0.2) is 31.3 Å². The fourth-order valence-electron chi connectivity index (χ4n) is 4.26. The van der Waals surface area contributed by atoms with E-state index in [1.54, 1.807) is 20.8 Å². The van der Waals surface area contributed by atoms with Crippen LogP contribution in [0.15, 0.2) is 17.9 Å². The van der Waals surface area contributed by atoms with Crippen molar-refractivity contribution < 1.29 is 37.0 Å². The quantitative estimate of drug-likeness (QED) is 0.628. The summed E-state index contributed by atoms with van der Waals surface area (Å²) in [5, 5.41) is 0. The molecule has 29 heavy (non-hydrogen) atoms. The normalized spacial score (nSPS) is 21.4. The van der Waals surface area contributed by atoms with Crippen molar-refractivity contribution in [3.63, 3.8) is 0 Å². The number of fused-ring (bicyclic) bond motifs is 1. The van der Waals surface area contributed by atoms with Crippen LogP contribution in [0.25, 0.3) is 5.57 Å². The average molecular weight is 412 g/mol. The van der Waals surface area contributed by atoms with Crippen molar-refractivity contribution >= 4 is 17.5 Å². The number of hydrogen-bond donors (Lipinski definition) is 0. The van der Waals surface area contributed by atoms with E-state index in [1.165, 1.54) is 12.1 Å². The highest BCUT2D eigenvalue weighted by Gasteiger charge is 2.47. The van der Waals surface area contributed by atoms with Gasteiger partial charge in [0.25, 0.3) is 0 Å². The summed E-state index contributed by atoms with van der Waals surface area (Å²) in [6.07, 6.45) is -2.98. The molecule has 2 unspecified atom stereocenters. The highest BCUT2D eigenvalue weighted by Crippen LogP contribution is 2.50. The smallest absolute Gasteiger partial charge is 0.484 e. The maximum absolute atomic E-state index is 13.1. The van der Waals surface area contributed by atoms with Crippen LogP contribution in [0.3, 0.4) is 0 Å². The second kappa shape index (κ2) is 8.08. The molecule has 1 aromatic carbocycles. The average Bonchev–Trinajstić information content (AvgIpc) is 3.18. The maximum Gasteiger partial charge on any atom is 0.513 e. The van der Waals surface area contributed by atoms with Gasteiger partial charge in [-0.05, 0) is 62.4 Å². The zero-order valence-corrected chi connectivity index (χ0v) is 16.5. The Labute approximate surface area is 166 Å². The third-order valence-electron chi connectivity index (χ3n) is 5.30. The summed E-state index contributed by atoms with van der Waals surface area (Å²) < 4.78 is 52.5. The zero-order chi connectivity index (χ0) is 21.3. The predicted molar refractivity (Wildman–Crippen MR) is 98.3 cm³/mol. The van der Waals surface area contributed by atoms with E-state index >= 15 is 0 Å². The minimum absolute atomic E-state index is 0.0696. The molecular formula is C21H23F3O5. The summed E-state index contributed by atoms with van der Waals surface area (Å²) in [6, 6.07) is 2.93. The molecule has 0 aliphatic heterocycles. The lowest BCUT2D eigenvalue weighted by Crippen LogP contribution is -2.19. The number of carbonyl (C=O) groups excluding carboxylic acids is 2. The van der Waals surface area contributed by atoms with Gasteiger partial charge in [0.05, 0.1) is 12.2 Å². The van der Waals surface area contributed by atoms with Gasteiger partial charge >= 0.3 is 12.3 Å². The van der Waals surface area contributed by atoms with E-state index in [1.807, 2.05) is 0 Å². The SMILES string of the molecule is CCOC(=O)OC1=C(c2c(C)cc(OCC(F)(F)F)cc2C)C(=O)C2CCCC12. The number of ketones is 1. The minimum Gasteiger partial charge on any atom is -0.484 e. The number of benzene rings is 1. The molecule has 0 amide bonds. The number of carbonyl (C=O) groups is 2. The van der Waals surface area contributed by atoms with Crippen LogP contribution in [0.4, 0.5) is 18.0 Å². The molecule has 0 radical (unpaired) electrons. The number of rotatable bonds is 5. The van der Waals surface area contributed by atoms with Gasteiger partial charge < -0.3 is 14.2 Å². The van der Waals surface area contributed by atoms with E-state index in [0.29, 0.717) is 34.4 Å².